The van der Waals surface area contributed by atoms with Gasteiger partial charge in [0.25, 0.3) is 0 Å². The monoisotopic (exact) mass is 262 g/mol. The Kier molecular flexibility index (Phi) is 3.05. The van der Waals surface area contributed by atoms with Gasteiger partial charge in [0.1, 0.15) is 0 Å². The highest BCUT2D eigenvalue weighted by Crippen LogP contribution is 2.37. The number of hydrogen-bond donors (Lipinski definition) is 1. The number of anilines is 1. The van der Waals surface area contributed by atoms with E-state index in [1.165, 1.54) is 0 Å². The molecule has 0 spiro atoms. The standard InChI is InChI=1S/C14H18N2O3/c1-9-4-2-6-16(9)13-12-10(5-3-7-19-12)8-11(15-13)14(17)18/h8-9H,2-7H2,1H3,(H,17,18)/t9-/m0/s1. The van der Waals surface area contributed by atoms with E-state index >= 15 is 0 Å². The summed E-state index contributed by atoms with van der Waals surface area (Å²) in [6, 6.07) is 2.05. The molecule has 102 valence electrons. The van der Waals surface area contributed by atoms with Crippen molar-refractivity contribution in [2.75, 3.05) is 18.1 Å². The van der Waals surface area contributed by atoms with Crippen molar-refractivity contribution in [2.24, 2.45) is 0 Å². The summed E-state index contributed by atoms with van der Waals surface area (Å²) in [5.41, 5.74) is 1.10. The minimum atomic E-state index is -0.971. The maximum atomic E-state index is 11.2. The highest BCUT2D eigenvalue weighted by atomic mass is 16.5. The highest BCUT2D eigenvalue weighted by Gasteiger charge is 2.28. The van der Waals surface area contributed by atoms with Gasteiger partial charge in [-0.15, -0.1) is 0 Å². The first-order chi connectivity index (χ1) is 9.16. The van der Waals surface area contributed by atoms with Crippen LogP contribution in [0.15, 0.2) is 6.07 Å². The zero-order valence-electron chi connectivity index (χ0n) is 11.1. The molecule has 2 aliphatic heterocycles. The van der Waals surface area contributed by atoms with Gasteiger partial charge in [0, 0.05) is 18.2 Å². The van der Waals surface area contributed by atoms with Gasteiger partial charge in [-0.2, -0.15) is 0 Å². The zero-order chi connectivity index (χ0) is 13.4. The van der Waals surface area contributed by atoms with Crippen LogP contribution in [0.4, 0.5) is 5.82 Å². The Labute approximate surface area is 112 Å². The fourth-order valence-electron chi connectivity index (χ4n) is 2.90. The van der Waals surface area contributed by atoms with Crippen molar-refractivity contribution in [1.29, 1.82) is 0 Å². The Morgan fingerprint density at radius 1 is 1.53 bits per heavy atom. The number of aromatic carboxylic acids is 1. The zero-order valence-corrected chi connectivity index (χ0v) is 11.1. The first kappa shape index (κ1) is 12.3. The molecule has 0 bridgehead atoms. The number of nitrogens with zero attached hydrogens (tertiary/aromatic N) is 2. The number of pyridine rings is 1. The first-order valence-corrected chi connectivity index (χ1v) is 6.83. The summed E-state index contributed by atoms with van der Waals surface area (Å²) in [6.07, 6.45) is 4.04. The number of aromatic nitrogens is 1. The molecule has 19 heavy (non-hydrogen) atoms. The number of carboxylic acids is 1. The maximum absolute atomic E-state index is 11.2. The molecular weight excluding hydrogens is 244 g/mol. The van der Waals surface area contributed by atoms with Crippen LogP contribution in [0.25, 0.3) is 0 Å². The summed E-state index contributed by atoms with van der Waals surface area (Å²) in [7, 11) is 0. The number of carboxylic acid groups (broad SMARTS) is 1. The molecule has 1 atom stereocenters. The Morgan fingerprint density at radius 3 is 3.05 bits per heavy atom. The van der Waals surface area contributed by atoms with Crippen LogP contribution in [0.2, 0.25) is 0 Å². The summed E-state index contributed by atoms with van der Waals surface area (Å²) in [5.74, 6) is 0.547. The molecule has 0 unspecified atom stereocenters. The lowest BCUT2D eigenvalue weighted by Crippen LogP contribution is -2.29. The van der Waals surface area contributed by atoms with Crippen molar-refractivity contribution in [3.05, 3.63) is 17.3 Å². The maximum Gasteiger partial charge on any atom is 0.354 e. The first-order valence-electron chi connectivity index (χ1n) is 6.83. The lowest BCUT2D eigenvalue weighted by molar-refractivity contribution is 0.0690. The van der Waals surface area contributed by atoms with Gasteiger partial charge in [-0.25, -0.2) is 9.78 Å². The quantitative estimate of drug-likeness (QED) is 0.884. The van der Waals surface area contributed by atoms with Crippen LogP contribution in [-0.4, -0.2) is 35.3 Å². The average Bonchev–Trinajstić information content (AvgIpc) is 2.83. The predicted octanol–water partition coefficient (Wildman–Crippen LogP) is 2.09. The normalized spacial score (nSPS) is 21.9. The minimum Gasteiger partial charge on any atom is -0.489 e. The van der Waals surface area contributed by atoms with Crippen molar-refractivity contribution in [3.8, 4) is 5.75 Å². The summed E-state index contributed by atoms with van der Waals surface area (Å²) in [4.78, 5) is 17.7. The van der Waals surface area contributed by atoms with E-state index in [2.05, 4.69) is 16.8 Å². The van der Waals surface area contributed by atoms with E-state index in [1.54, 1.807) is 6.07 Å². The number of ether oxygens (including phenoxy) is 1. The predicted molar refractivity (Wildman–Crippen MR) is 71.1 cm³/mol. The SMILES string of the molecule is C[C@H]1CCCN1c1nc(C(=O)O)cc2c1OCCC2. The molecule has 0 saturated carbocycles. The molecule has 3 heterocycles. The van der Waals surface area contributed by atoms with Crippen LogP contribution in [0, 0.1) is 0 Å². The smallest absolute Gasteiger partial charge is 0.354 e. The lowest BCUT2D eigenvalue weighted by Gasteiger charge is -2.28. The summed E-state index contributed by atoms with van der Waals surface area (Å²) >= 11 is 0. The van der Waals surface area contributed by atoms with E-state index in [-0.39, 0.29) is 5.69 Å². The van der Waals surface area contributed by atoms with E-state index in [0.717, 1.165) is 49.4 Å². The third-order valence-corrected chi connectivity index (χ3v) is 3.91. The van der Waals surface area contributed by atoms with Gasteiger partial charge in [0.2, 0.25) is 0 Å². The van der Waals surface area contributed by atoms with E-state index in [9.17, 15) is 9.90 Å². The lowest BCUT2D eigenvalue weighted by atomic mass is 10.1. The van der Waals surface area contributed by atoms with Crippen LogP contribution in [0.3, 0.4) is 0 Å². The van der Waals surface area contributed by atoms with Crippen molar-refractivity contribution in [3.63, 3.8) is 0 Å². The van der Waals surface area contributed by atoms with Crippen LogP contribution in [-0.2, 0) is 6.42 Å². The number of fused-ring (bicyclic) bond motifs is 1. The Balaban J connectivity index is 2.10. The largest absolute Gasteiger partial charge is 0.489 e. The minimum absolute atomic E-state index is 0.123. The molecule has 1 N–H and O–H groups in total. The second kappa shape index (κ2) is 4.72. The number of carbonyl (C=O) groups is 1. The summed E-state index contributed by atoms with van der Waals surface area (Å²) < 4.78 is 5.75. The van der Waals surface area contributed by atoms with Crippen LogP contribution < -0.4 is 9.64 Å². The molecule has 5 nitrogen and oxygen atoms in total. The molecule has 1 aromatic rings. The van der Waals surface area contributed by atoms with E-state index in [1.807, 2.05) is 0 Å². The summed E-state index contributed by atoms with van der Waals surface area (Å²) in [6.45, 7) is 3.76. The number of rotatable bonds is 2. The van der Waals surface area contributed by atoms with Gasteiger partial charge in [0.15, 0.2) is 17.3 Å². The highest BCUT2D eigenvalue weighted by molar-refractivity contribution is 5.87. The molecule has 0 radical (unpaired) electrons. The van der Waals surface area contributed by atoms with Gasteiger partial charge in [-0.3, -0.25) is 0 Å². The molecule has 0 amide bonds. The molecule has 3 rings (SSSR count). The Bertz CT molecular complexity index is 516. The number of aryl methyl sites for hydroxylation is 1. The second-order valence-electron chi connectivity index (χ2n) is 5.26. The second-order valence-corrected chi connectivity index (χ2v) is 5.26. The van der Waals surface area contributed by atoms with Crippen LogP contribution in [0.1, 0.15) is 42.2 Å². The van der Waals surface area contributed by atoms with Crippen molar-refractivity contribution < 1.29 is 14.6 Å². The third kappa shape index (κ3) is 2.13. The number of hydrogen-bond acceptors (Lipinski definition) is 4. The van der Waals surface area contributed by atoms with E-state index < -0.39 is 5.97 Å². The van der Waals surface area contributed by atoms with E-state index in [4.69, 9.17) is 4.74 Å². The van der Waals surface area contributed by atoms with Gasteiger partial charge < -0.3 is 14.7 Å². The Morgan fingerprint density at radius 2 is 2.37 bits per heavy atom. The van der Waals surface area contributed by atoms with Crippen LogP contribution >= 0.6 is 0 Å². The fourth-order valence-corrected chi connectivity index (χ4v) is 2.90. The van der Waals surface area contributed by atoms with Gasteiger partial charge >= 0.3 is 5.97 Å². The van der Waals surface area contributed by atoms with E-state index in [0.29, 0.717) is 12.6 Å². The molecule has 2 aliphatic rings. The molecule has 1 saturated heterocycles. The van der Waals surface area contributed by atoms with Crippen molar-refractivity contribution in [2.45, 2.75) is 38.6 Å². The van der Waals surface area contributed by atoms with Crippen LogP contribution in [0.5, 0.6) is 5.75 Å². The molecule has 0 aliphatic carbocycles. The molecule has 0 aromatic carbocycles. The summed E-state index contributed by atoms with van der Waals surface area (Å²) in [5, 5.41) is 9.20. The van der Waals surface area contributed by atoms with Gasteiger partial charge in [0.05, 0.1) is 6.61 Å². The molecule has 1 aromatic heterocycles. The molecule has 5 heteroatoms. The third-order valence-electron chi connectivity index (χ3n) is 3.91. The molecular formula is C14H18N2O3. The van der Waals surface area contributed by atoms with Gasteiger partial charge in [-0.1, -0.05) is 0 Å². The molecule has 1 fully saturated rings. The average molecular weight is 262 g/mol. The van der Waals surface area contributed by atoms with Gasteiger partial charge in [-0.05, 0) is 38.7 Å². The van der Waals surface area contributed by atoms with Crippen molar-refractivity contribution >= 4 is 11.8 Å². The topological polar surface area (TPSA) is 62.7 Å². The van der Waals surface area contributed by atoms with Crippen molar-refractivity contribution in [1.82, 2.24) is 4.98 Å². The fraction of sp³-hybridized carbons (Fsp3) is 0.571. The Hall–Kier alpha value is -1.78.